The maximum Gasteiger partial charge on any atom is 0.0624 e. The molecule has 0 saturated heterocycles. The standard InChI is InChI=1S/C16H32O/c1-7-12(3)16(17-6)14(5)15-10-11(2)8-9-13(15)4/h11-16H,7-10H2,1-6H3. The van der Waals surface area contributed by atoms with Crippen LogP contribution in [0.15, 0.2) is 0 Å². The van der Waals surface area contributed by atoms with Crippen molar-refractivity contribution >= 4 is 0 Å². The van der Waals surface area contributed by atoms with Crippen molar-refractivity contribution in [1.29, 1.82) is 0 Å². The first-order valence-electron chi connectivity index (χ1n) is 7.54. The molecule has 0 aromatic heterocycles. The quantitative estimate of drug-likeness (QED) is 0.673. The van der Waals surface area contributed by atoms with Gasteiger partial charge in [0.2, 0.25) is 0 Å². The van der Waals surface area contributed by atoms with Crippen LogP contribution in [0, 0.1) is 29.6 Å². The monoisotopic (exact) mass is 240 g/mol. The van der Waals surface area contributed by atoms with Crippen LogP contribution in [-0.4, -0.2) is 13.2 Å². The first-order chi connectivity index (χ1) is 8.01. The summed E-state index contributed by atoms with van der Waals surface area (Å²) in [6, 6.07) is 0. The second-order valence-corrected chi connectivity index (χ2v) is 6.50. The van der Waals surface area contributed by atoms with Crippen LogP contribution in [0.2, 0.25) is 0 Å². The van der Waals surface area contributed by atoms with Gasteiger partial charge in [-0.3, -0.25) is 0 Å². The molecule has 17 heavy (non-hydrogen) atoms. The predicted octanol–water partition coefficient (Wildman–Crippen LogP) is 4.76. The molecule has 0 aliphatic heterocycles. The van der Waals surface area contributed by atoms with E-state index in [9.17, 15) is 0 Å². The Morgan fingerprint density at radius 1 is 1.18 bits per heavy atom. The molecule has 1 aliphatic rings. The average molecular weight is 240 g/mol. The smallest absolute Gasteiger partial charge is 0.0624 e. The van der Waals surface area contributed by atoms with E-state index in [1.54, 1.807) is 0 Å². The van der Waals surface area contributed by atoms with Crippen LogP contribution in [-0.2, 0) is 4.74 Å². The zero-order valence-corrected chi connectivity index (χ0v) is 12.7. The molecule has 0 spiro atoms. The van der Waals surface area contributed by atoms with Gasteiger partial charge in [0.15, 0.2) is 0 Å². The van der Waals surface area contributed by atoms with Crippen LogP contribution in [0.4, 0.5) is 0 Å². The van der Waals surface area contributed by atoms with Gasteiger partial charge in [0, 0.05) is 7.11 Å². The molecule has 0 amide bonds. The van der Waals surface area contributed by atoms with Gasteiger partial charge in [-0.15, -0.1) is 0 Å². The lowest BCUT2D eigenvalue weighted by molar-refractivity contribution is -0.0263. The Hall–Kier alpha value is -0.0400. The highest BCUT2D eigenvalue weighted by Crippen LogP contribution is 2.40. The minimum atomic E-state index is 0.442. The normalized spacial score (nSPS) is 35.3. The fourth-order valence-electron chi connectivity index (χ4n) is 3.75. The van der Waals surface area contributed by atoms with Crippen LogP contribution < -0.4 is 0 Å². The zero-order valence-electron chi connectivity index (χ0n) is 12.7. The molecule has 0 bridgehead atoms. The summed E-state index contributed by atoms with van der Waals surface area (Å²) in [5.41, 5.74) is 0. The molecule has 0 aromatic rings. The summed E-state index contributed by atoms with van der Waals surface area (Å²) >= 11 is 0. The summed E-state index contributed by atoms with van der Waals surface area (Å²) < 4.78 is 5.80. The van der Waals surface area contributed by atoms with Crippen molar-refractivity contribution in [2.24, 2.45) is 29.6 Å². The summed E-state index contributed by atoms with van der Waals surface area (Å²) in [6.07, 6.45) is 5.90. The molecule has 1 saturated carbocycles. The van der Waals surface area contributed by atoms with Crippen molar-refractivity contribution in [1.82, 2.24) is 0 Å². The molecule has 6 unspecified atom stereocenters. The topological polar surface area (TPSA) is 9.23 Å². The third-order valence-electron chi connectivity index (χ3n) is 5.19. The highest BCUT2D eigenvalue weighted by atomic mass is 16.5. The minimum Gasteiger partial charge on any atom is -0.381 e. The highest BCUT2D eigenvalue weighted by Gasteiger charge is 2.35. The number of hydrogen-bond acceptors (Lipinski definition) is 1. The number of ether oxygens (including phenoxy) is 1. The summed E-state index contributed by atoms with van der Waals surface area (Å²) in [5.74, 6) is 4.03. The Morgan fingerprint density at radius 3 is 2.35 bits per heavy atom. The van der Waals surface area contributed by atoms with Gasteiger partial charge < -0.3 is 4.74 Å². The van der Waals surface area contributed by atoms with E-state index in [0.717, 1.165) is 17.8 Å². The van der Waals surface area contributed by atoms with E-state index in [1.807, 2.05) is 7.11 Å². The fraction of sp³-hybridized carbons (Fsp3) is 1.00. The molecule has 1 nitrogen and oxygen atoms in total. The maximum atomic E-state index is 5.80. The van der Waals surface area contributed by atoms with Gasteiger partial charge >= 0.3 is 0 Å². The van der Waals surface area contributed by atoms with Crippen molar-refractivity contribution in [2.45, 2.75) is 66.4 Å². The highest BCUT2D eigenvalue weighted by molar-refractivity contribution is 4.84. The number of hydrogen-bond donors (Lipinski definition) is 0. The van der Waals surface area contributed by atoms with E-state index >= 15 is 0 Å². The van der Waals surface area contributed by atoms with Gasteiger partial charge in [0.25, 0.3) is 0 Å². The van der Waals surface area contributed by atoms with E-state index in [1.165, 1.54) is 25.7 Å². The number of rotatable bonds is 5. The average Bonchev–Trinajstić information content (AvgIpc) is 2.32. The van der Waals surface area contributed by atoms with Gasteiger partial charge in [0.1, 0.15) is 0 Å². The second kappa shape index (κ2) is 6.78. The zero-order chi connectivity index (χ0) is 13.0. The fourth-order valence-corrected chi connectivity index (χ4v) is 3.75. The lowest BCUT2D eigenvalue weighted by Crippen LogP contribution is -2.37. The molecule has 0 radical (unpaired) electrons. The predicted molar refractivity (Wildman–Crippen MR) is 75.1 cm³/mol. The molecular formula is C16H32O. The molecular weight excluding hydrogens is 208 g/mol. The Morgan fingerprint density at radius 2 is 1.82 bits per heavy atom. The van der Waals surface area contributed by atoms with Crippen LogP contribution in [0.3, 0.4) is 0 Å². The lowest BCUT2D eigenvalue weighted by Gasteiger charge is -2.41. The largest absolute Gasteiger partial charge is 0.381 e. The van der Waals surface area contributed by atoms with Crippen LogP contribution in [0.5, 0.6) is 0 Å². The molecule has 0 aromatic carbocycles. The molecule has 1 heteroatoms. The summed E-state index contributed by atoms with van der Waals surface area (Å²) in [6.45, 7) is 11.9. The van der Waals surface area contributed by atoms with E-state index in [2.05, 4.69) is 34.6 Å². The Kier molecular flexibility index (Phi) is 5.99. The van der Waals surface area contributed by atoms with E-state index < -0.39 is 0 Å². The van der Waals surface area contributed by atoms with Gasteiger partial charge in [0.05, 0.1) is 6.10 Å². The third kappa shape index (κ3) is 3.71. The van der Waals surface area contributed by atoms with Crippen molar-refractivity contribution in [3.8, 4) is 0 Å². The maximum absolute atomic E-state index is 5.80. The minimum absolute atomic E-state index is 0.442. The van der Waals surface area contributed by atoms with Gasteiger partial charge in [-0.2, -0.15) is 0 Å². The van der Waals surface area contributed by atoms with Crippen molar-refractivity contribution in [3.05, 3.63) is 0 Å². The Labute approximate surface area is 108 Å². The number of methoxy groups -OCH3 is 1. The SMILES string of the molecule is CCC(C)C(OC)C(C)C1CC(C)CCC1C. The molecule has 1 rings (SSSR count). The first-order valence-corrected chi connectivity index (χ1v) is 7.54. The van der Waals surface area contributed by atoms with E-state index in [4.69, 9.17) is 4.74 Å². The van der Waals surface area contributed by atoms with E-state index in [0.29, 0.717) is 17.9 Å². The summed E-state index contributed by atoms with van der Waals surface area (Å²) in [4.78, 5) is 0. The molecule has 1 fully saturated rings. The summed E-state index contributed by atoms with van der Waals surface area (Å²) in [7, 11) is 1.89. The van der Waals surface area contributed by atoms with Crippen LogP contribution in [0.1, 0.15) is 60.3 Å². The van der Waals surface area contributed by atoms with E-state index in [-0.39, 0.29) is 0 Å². The lowest BCUT2D eigenvalue weighted by atomic mass is 9.67. The Balaban J connectivity index is 2.67. The third-order valence-corrected chi connectivity index (χ3v) is 5.19. The first kappa shape index (κ1) is 15.0. The Bertz CT molecular complexity index is 214. The molecule has 6 atom stereocenters. The van der Waals surface area contributed by atoms with Crippen molar-refractivity contribution < 1.29 is 4.74 Å². The molecule has 0 N–H and O–H groups in total. The summed E-state index contributed by atoms with van der Waals surface area (Å²) in [5, 5.41) is 0. The van der Waals surface area contributed by atoms with Gasteiger partial charge in [-0.05, 0) is 36.0 Å². The van der Waals surface area contributed by atoms with Crippen molar-refractivity contribution in [2.75, 3.05) is 7.11 Å². The van der Waals surface area contributed by atoms with Gasteiger partial charge in [-0.1, -0.05) is 53.9 Å². The van der Waals surface area contributed by atoms with Crippen molar-refractivity contribution in [3.63, 3.8) is 0 Å². The molecule has 0 heterocycles. The molecule has 102 valence electrons. The second-order valence-electron chi connectivity index (χ2n) is 6.50. The van der Waals surface area contributed by atoms with Gasteiger partial charge in [-0.25, -0.2) is 0 Å². The van der Waals surface area contributed by atoms with Crippen LogP contribution in [0.25, 0.3) is 0 Å². The van der Waals surface area contributed by atoms with Crippen LogP contribution >= 0.6 is 0 Å². The molecule has 1 aliphatic carbocycles.